The number of methoxy groups -OCH3 is 1. The van der Waals surface area contributed by atoms with Crippen molar-refractivity contribution in [2.75, 3.05) is 31.3 Å². The van der Waals surface area contributed by atoms with Crippen LogP contribution in [-0.4, -0.2) is 30.2 Å². The van der Waals surface area contributed by atoms with Crippen molar-refractivity contribution in [3.8, 4) is 0 Å². The number of ether oxygens (including phenoxy) is 1. The first-order valence-corrected chi connectivity index (χ1v) is 5.06. The molecule has 0 amide bonds. The maximum Gasteiger partial charge on any atom is 0.222 e. The number of nitrogen functional groups attached to an aromatic ring is 1. The second-order valence-corrected chi connectivity index (χ2v) is 3.38. The van der Waals surface area contributed by atoms with Gasteiger partial charge in [-0.1, -0.05) is 0 Å². The molecule has 0 bridgehead atoms. The van der Waals surface area contributed by atoms with E-state index in [9.17, 15) is 0 Å². The summed E-state index contributed by atoms with van der Waals surface area (Å²) in [5.74, 6) is 1.10. The van der Waals surface area contributed by atoms with Crippen molar-refractivity contribution in [2.45, 2.75) is 19.8 Å². The van der Waals surface area contributed by atoms with E-state index in [1.165, 1.54) is 0 Å². The Kier molecular flexibility index (Phi) is 4.83. The van der Waals surface area contributed by atoms with Crippen LogP contribution in [-0.2, 0) is 4.74 Å². The number of anilines is 2. The lowest BCUT2D eigenvalue weighted by Crippen LogP contribution is -2.07. The minimum absolute atomic E-state index is 0.314. The highest BCUT2D eigenvalue weighted by atomic mass is 16.5. The Labute approximate surface area is 90.1 Å². The van der Waals surface area contributed by atoms with Crippen molar-refractivity contribution in [3.05, 3.63) is 11.8 Å². The van der Waals surface area contributed by atoms with Gasteiger partial charge in [0.2, 0.25) is 5.95 Å². The van der Waals surface area contributed by atoms with Gasteiger partial charge in [-0.2, -0.15) is 4.98 Å². The van der Waals surface area contributed by atoms with Crippen LogP contribution in [0.25, 0.3) is 0 Å². The fourth-order valence-corrected chi connectivity index (χ4v) is 1.27. The van der Waals surface area contributed by atoms with Gasteiger partial charge in [0.1, 0.15) is 5.82 Å². The zero-order chi connectivity index (χ0) is 11.1. The summed E-state index contributed by atoms with van der Waals surface area (Å²) in [6, 6.07) is 1.88. The van der Waals surface area contributed by atoms with Gasteiger partial charge in [-0.05, 0) is 19.8 Å². The monoisotopic (exact) mass is 210 g/mol. The highest BCUT2D eigenvalue weighted by Crippen LogP contribution is 2.07. The largest absolute Gasteiger partial charge is 0.385 e. The average molecular weight is 210 g/mol. The number of nitrogens with two attached hydrogens (primary N) is 1. The molecule has 0 atom stereocenters. The standard InChI is InChI=1S/C10H18N4O/c1-8-7-9(14-10(11)13-8)12-5-3-4-6-15-2/h7H,3-6H2,1-2H3,(H3,11,12,13,14). The van der Waals surface area contributed by atoms with Gasteiger partial charge in [0, 0.05) is 32.0 Å². The lowest BCUT2D eigenvalue weighted by atomic mass is 10.3. The molecule has 0 aliphatic heterocycles. The van der Waals surface area contributed by atoms with Gasteiger partial charge in [0.25, 0.3) is 0 Å². The van der Waals surface area contributed by atoms with Crippen molar-refractivity contribution in [2.24, 2.45) is 0 Å². The van der Waals surface area contributed by atoms with Crippen LogP contribution < -0.4 is 11.1 Å². The van der Waals surface area contributed by atoms with Crippen LogP contribution in [0.3, 0.4) is 0 Å². The minimum atomic E-state index is 0.314. The number of hydrogen-bond acceptors (Lipinski definition) is 5. The first kappa shape index (κ1) is 11.7. The van der Waals surface area contributed by atoms with E-state index in [4.69, 9.17) is 10.5 Å². The van der Waals surface area contributed by atoms with Gasteiger partial charge in [-0.25, -0.2) is 4.98 Å². The van der Waals surface area contributed by atoms with Crippen LogP contribution in [0, 0.1) is 6.92 Å². The number of rotatable bonds is 6. The first-order chi connectivity index (χ1) is 7.22. The Morgan fingerprint density at radius 1 is 1.40 bits per heavy atom. The summed E-state index contributed by atoms with van der Waals surface area (Å²) in [7, 11) is 1.71. The molecule has 0 fully saturated rings. The van der Waals surface area contributed by atoms with Crippen molar-refractivity contribution in [1.29, 1.82) is 0 Å². The third-order valence-electron chi connectivity index (χ3n) is 1.95. The smallest absolute Gasteiger partial charge is 0.222 e. The molecule has 5 heteroatoms. The highest BCUT2D eigenvalue weighted by Gasteiger charge is 1.97. The van der Waals surface area contributed by atoms with Gasteiger partial charge in [0.15, 0.2) is 0 Å². The molecule has 0 saturated heterocycles. The predicted molar refractivity (Wildman–Crippen MR) is 60.8 cm³/mol. The topological polar surface area (TPSA) is 73.1 Å². The third kappa shape index (κ3) is 4.60. The Morgan fingerprint density at radius 2 is 2.20 bits per heavy atom. The molecule has 0 radical (unpaired) electrons. The average Bonchev–Trinajstić information content (AvgIpc) is 2.16. The lowest BCUT2D eigenvalue weighted by molar-refractivity contribution is 0.194. The van der Waals surface area contributed by atoms with Crippen molar-refractivity contribution in [1.82, 2.24) is 9.97 Å². The minimum Gasteiger partial charge on any atom is -0.385 e. The first-order valence-electron chi connectivity index (χ1n) is 5.06. The predicted octanol–water partition coefficient (Wildman–Crippen LogP) is 1.21. The van der Waals surface area contributed by atoms with Crippen LogP contribution >= 0.6 is 0 Å². The number of hydrogen-bond donors (Lipinski definition) is 2. The van der Waals surface area contributed by atoms with Gasteiger partial charge >= 0.3 is 0 Å². The molecule has 1 aromatic heterocycles. The van der Waals surface area contributed by atoms with E-state index < -0.39 is 0 Å². The van der Waals surface area contributed by atoms with Crippen LogP contribution in [0.2, 0.25) is 0 Å². The third-order valence-corrected chi connectivity index (χ3v) is 1.95. The summed E-state index contributed by atoms with van der Waals surface area (Å²) < 4.78 is 4.96. The molecule has 5 nitrogen and oxygen atoms in total. The van der Waals surface area contributed by atoms with Crippen LogP contribution in [0.5, 0.6) is 0 Å². The molecule has 1 aromatic rings. The summed E-state index contributed by atoms with van der Waals surface area (Å²) in [6.45, 7) is 3.57. The Bertz CT molecular complexity index is 283. The fraction of sp³-hybridized carbons (Fsp3) is 0.600. The molecule has 0 unspecified atom stereocenters. The molecule has 0 aliphatic carbocycles. The number of nitrogens with one attached hydrogen (secondary N) is 1. The summed E-state index contributed by atoms with van der Waals surface area (Å²) in [6.07, 6.45) is 2.10. The van der Waals surface area contributed by atoms with Crippen molar-refractivity contribution < 1.29 is 4.74 Å². The SMILES string of the molecule is COCCCCNc1cc(C)nc(N)n1. The molecule has 0 spiro atoms. The molecular weight excluding hydrogens is 192 g/mol. The van der Waals surface area contributed by atoms with E-state index in [0.717, 1.165) is 37.5 Å². The van der Waals surface area contributed by atoms with E-state index in [2.05, 4.69) is 15.3 Å². The molecule has 1 rings (SSSR count). The summed E-state index contributed by atoms with van der Waals surface area (Å²) >= 11 is 0. The molecule has 0 aromatic carbocycles. The van der Waals surface area contributed by atoms with E-state index in [0.29, 0.717) is 5.95 Å². The Balaban J connectivity index is 2.31. The second kappa shape index (κ2) is 6.19. The van der Waals surface area contributed by atoms with Gasteiger partial charge in [-0.15, -0.1) is 0 Å². The van der Waals surface area contributed by atoms with Crippen molar-refractivity contribution >= 4 is 11.8 Å². The van der Waals surface area contributed by atoms with E-state index in [1.807, 2.05) is 13.0 Å². The van der Waals surface area contributed by atoms with Gasteiger partial charge in [0.05, 0.1) is 0 Å². The van der Waals surface area contributed by atoms with Crippen molar-refractivity contribution in [3.63, 3.8) is 0 Å². The Hall–Kier alpha value is -1.36. The molecule has 84 valence electrons. The number of aryl methyl sites for hydroxylation is 1. The van der Waals surface area contributed by atoms with Crippen LogP contribution in [0.15, 0.2) is 6.07 Å². The number of aromatic nitrogens is 2. The maximum absolute atomic E-state index is 5.53. The normalized spacial score (nSPS) is 10.3. The van der Waals surface area contributed by atoms with E-state index in [1.54, 1.807) is 7.11 Å². The molecule has 0 aliphatic rings. The molecule has 15 heavy (non-hydrogen) atoms. The lowest BCUT2D eigenvalue weighted by Gasteiger charge is -2.06. The number of unbranched alkanes of at least 4 members (excludes halogenated alkanes) is 1. The molecule has 0 saturated carbocycles. The maximum atomic E-state index is 5.53. The van der Waals surface area contributed by atoms with Crippen LogP contribution in [0.4, 0.5) is 11.8 Å². The summed E-state index contributed by atoms with van der Waals surface area (Å²) in [5.41, 5.74) is 6.41. The highest BCUT2D eigenvalue weighted by molar-refractivity contribution is 5.39. The molecule has 1 heterocycles. The van der Waals surface area contributed by atoms with Gasteiger partial charge < -0.3 is 15.8 Å². The Morgan fingerprint density at radius 3 is 2.87 bits per heavy atom. The number of nitrogens with zero attached hydrogens (tertiary/aromatic N) is 2. The summed E-state index contributed by atoms with van der Waals surface area (Å²) in [4.78, 5) is 8.07. The van der Waals surface area contributed by atoms with Crippen LogP contribution in [0.1, 0.15) is 18.5 Å². The fourth-order valence-electron chi connectivity index (χ4n) is 1.27. The summed E-state index contributed by atoms with van der Waals surface area (Å²) in [5, 5.41) is 3.20. The molecule has 3 N–H and O–H groups in total. The zero-order valence-corrected chi connectivity index (χ0v) is 9.29. The van der Waals surface area contributed by atoms with E-state index in [-0.39, 0.29) is 0 Å². The molecular formula is C10H18N4O. The van der Waals surface area contributed by atoms with E-state index >= 15 is 0 Å². The van der Waals surface area contributed by atoms with Gasteiger partial charge in [-0.3, -0.25) is 0 Å². The quantitative estimate of drug-likeness (QED) is 0.690. The zero-order valence-electron chi connectivity index (χ0n) is 9.29. The second-order valence-electron chi connectivity index (χ2n) is 3.38.